The number of allylic oxidation sites excluding steroid dienone is 15. The minimum absolute atomic E-state index is 0.145. The number of rotatable bonds is 6. The summed E-state index contributed by atoms with van der Waals surface area (Å²) in [4.78, 5) is 0. The quantitative estimate of drug-likeness (QED) is 0.192. The van der Waals surface area contributed by atoms with Crippen LogP contribution in [0.15, 0.2) is 156 Å². The van der Waals surface area contributed by atoms with Gasteiger partial charge in [-0.15, -0.1) is 0 Å². The Kier molecular flexibility index (Phi) is 9.64. The van der Waals surface area contributed by atoms with Crippen molar-refractivity contribution >= 4 is 29.0 Å². The van der Waals surface area contributed by atoms with E-state index in [1.807, 2.05) is 44.2 Å². The molecule has 0 saturated carbocycles. The van der Waals surface area contributed by atoms with Crippen molar-refractivity contribution < 1.29 is 4.52 Å². The zero-order valence-corrected chi connectivity index (χ0v) is 25.7. The van der Waals surface area contributed by atoms with Crippen LogP contribution in [-0.2, 0) is 4.52 Å². The van der Waals surface area contributed by atoms with E-state index in [0.717, 1.165) is 17.3 Å². The van der Waals surface area contributed by atoms with Gasteiger partial charge in [-0.3, -0.25) is 0 Å². The third kappa shape index (κ3) is 4.92. The van der Waals surface area contributed by atoms with Gasteiger partial charge in [-0.05, 0) is 0 Å². The van der Waals surface area contributed by atoms with Crippen LogP contribution in [-0.4, -0.2) is 5.38 Å². The molecule has 0 radical (unpaired) electrons. The van der Waals surface area contributed by atoms with Gasteiger partial charge in [0.25, 0.3) is 0 Å². The van der Waals surface area contributed by atoms with Crippen molar-refractivity contribution in [3.63, 3.8) is 0 Å². The maximum Gasteiger partial charge on any atom is -0.0683 e. The second kappa shape index (κ2) is 13.0. The Morgan fingerprint density at radius 3 is 2.52 bits per heavy atom. The molecule has 0 N–H and O–H groups in total. The van der Waals surface area contributed by atoms with Crippen LogP contribution < -0.4 is 10.6 Å². The summed E-state index contributed by atoms with van der Waals surface area (Å²) in [5, 5.41) is 4.67. The predicted octanol–water partition coefficient (Wildman–Crippen LogP) is 10.2. The van der Waals surface area contributed by atoms with Gasteiger partial charge in [0.2, 0.25) is 0 Å². The second-order valence-corrected chi connectivity index (χ2v) is 14.5. The summed E-state index contributed by atoms with van der Waals surface area (Å²) in [5.74, 6) is 0. The molecule has 3 heteroatoms. The van der Waals surface area contributed by atoms with E-state index < -0.39 is 6.83 Å². The summed E-state index contributed by atoms with van der Waals surface area (Å²) < 4.78 is 7.84. The van der Waals surface area contributed by atoms with Gasteiger partial charge < -0.3 is 0 Å². The number of alkyl halides is 1. The third-order valence-electron chi connectivity index (χ3n) is 7.54. The number of hydrogen-bond donors (Lipinski definition) is 0. The van der Waals surface area contributed by atoms with Crippen molar-refractivity contribution in [1.82, 2.24) is 0 Å². The zero-order valence-electron chi connectivity index (χ0n) is 24.0. The van der Waals surface area contributed by atoms with Crippen LogP contribution in [0.2, 0.25) is 0 Å². The first kappa shape index (κ1) is 29.8. The van der Waals surface area contributed by atoms with E-state index in [4.69, 9.17) is 16.1 Å². The largest absolute Gasteiger partial charge is 0.0683 e. The van der Waals surface area contributed by atoms with Crippen LogP contribution in [0.1, 0.15) is 44.4 Å². The Morgan fingerprint density at radius 1 is 1.00 bits per heavy atom. The molecule has 2 aromatic carbocycles. The van der Waals surface area contributed by atoms with Crippen molar-refractivity contribution in [2.75, 3.05) is 0 Å². The fourth-order valence-corrected chi connectivity index (χ4v) is 12.3. The summed E-state index contributed by atoms with van der Waals surface area (Å²) in [6, 6.07) is 17.7. The van der Waals surface area contributed by atoms with E-state index in [0.29, 0.717) is 0 Å². The number of hydrogen-bond acceptors (Lipinski definition) is 1. The van der Waals surface area contributed by atoms with Crippen LogP contribution >= 0.6 is 18.4 Å². The first-order valence-corrected chi connectivity index (χ1v) is 16.7. The molecule has 0 fully saturated rings. The fourth-order valence-electron chi connectivity index (χ4n) is 5.85. The zero-order chi connectivity index (χ0) is 28.6. The molecule has 2 aliphatic carbocycles. The minimum atomic E-state index is -3.69. The van der Waals surface area contributed by atoms with Crippen LogP contribution in [0.3, 0.4) is 0 Å². The summed E-state index contributed by atoms with van der Waals surface area (Å²) in [6.45, 7) is 8.55. The summed E-state index contributed by atoms with van der Waals surface area (Å²) >= 11 is 6.46. The topological polar surface area (TPSA) is 9.23 Å². The normalized spacial score (nSPS) is 23.5. The molecule has 3 aliphatic rings. The van der Waals surface area contributed by atoms with Crippen molar-refractivity contribution in [2.24, 2.45) is 0 Å². The van der Waals surface area contributed by atoms with E-state index in [-0.39, 0.29) is 11.5 Å². The van der Waals surface area contributed by atoms with Gasteiger partial charge in [0.15, 0.2) is 0 Å². The Labute approximate surface area is 246 Å². The Balaban J connectivity index is 0.00000181. The van der Waals surface area contributed by atoms with Crippen molar-refractivity contribution in [3.8, 4) is 0 Å². The van der Waals surface area contributed by atoms with E-state index in [2.05, 4.69) is 124 Å². The van der Waals surface area contributed by atoms with Crippen LogP contribution in [0.4, 0.5) is 0 Å². The molecular formula is C37H40ClOP. The molecular weight excluding hydrogens is 527 g/mol. The van der Waals surface area contributed by atoms with Gasteiger partial charge in [0, 0.05) is 0 Å². The maximum absolute atomic E-state index is 7.84. The minimum Gasteiger partial charge on any atom is -0.0683 e. The standard InChI is InChI=1S/C35H34ClOP.C2H6/c1-4-6-16-30(5-2)38(31-17-9-7-8-10-18-31,32-25-21-27(3)22-26-32)34-20-12-11-19-33(34)35(37-38)28-14-13-15-29(36)24-23-28;1-2/h4-9,11-26,29,35H,1,10H2,2-3H3;1-2H3/b16-6-,30-5+;. The first-order chi connectivity index (χ1) is 19.5. The van der Waals surface area contributed by atoms with Gasteiger partial charge in [-0.1, -0.05) is 13.8 Å². The van der Waals surface area contributed by atoms with Crippen molar-refractivity contribution in [1.29, 1.82) is 0 Å². The molecule has 5 rings (SSSR count). The molecule has 1 nitrogen and oxygen atoms in total. The maximum atomic E-state index is 7.84. The fraction of sp³-hybridized carbons (Fsp3) is 0.189. The molecule has 206 valence electrons. The molecule has 2 unspecified atom stereocenters. The number of halogens is 1. The van der Waals surface area contributed by atoms with Gasteiger partial charge in [0.1, 0.15) is 0 Å². The van der Waals surface area contributed by atoms with E-state index >= 15 is 0 Å². The predicted molar refractivity (Wildman–Crippen MR) is 179 cm³/mol. The third-order valence-corrected chi connectivity index (χ3v) is 13.8. The van der Waals surface area contributed by atoms with E-state index in [1.54, 1.807) is 0 Å². The number of benzene rings is 2. The Bertz CT molecular complexity index is 1480. The molecule has 1 heterocycles. The average molecular weight is 567 g/mol. The van der Waals surface area contributed by atoms with Gasteiger partial charge in [-0.2, -0.15) is 0 Å². The summed E-state index contributed by atoms with van der Waals surface area (Å²) in [6.07, 6.45) is 30.3. The van der Waals surface area contributed by atoms with Gasteiger partial charge in [0.05, 0.1) is 0 Å². The number of aryl methyl sites for hydroxylation is 1. The molecule has 0 bridgehead atoms. The molecule has 0 aromatic heterocycles. The molecule has 2 atom stereocenters. The number of fused-ring (bicyclic) bond motifs is 1. The summed E-state index contributed by atoms with van der Waals surface area (Å²) in [7, 11) is 0. The van der Waals surface area contributed by atoms with Crippen molar-refractivity contribution in [3.05, 3.63) is 168 Å². The van der Waals surface area contributed by atoms with Crippen LogP contribution in [0.5, 0.6) is 0 Å². The van der Waals surface area contributed by atoms with Crippen molar-refractivity contribution in [2.45, 2.75) is 45.6 Å². The molecule has 40 heavy (non-hydrogen) atoms. The van der Waals surface area contributed by atoms with Gasteiger partial charge in [-0.25, -0.2) is 0 Å². The SMILES string of the molecule is C=C/C=C\C(=C/C)P1(C2=CCC=CC=C2)(c2ccc(C)cc2)OC(C2=CC=CC(Cl)C=C2)c2ccccc21.CC. The first-order valence-electron chi connectivity index (χ1n) is 14.1. The second-order valence-electron chi connectivity index (χ2n) is 9.73. The smallest absolute Gasteiger partial charge is 0.0683 e. The monoisotopic (exact) mass is 566 g/mol. The molecule has 1 aliphatic heterocycles. The Hall–Kier alpha value is -3.22. The summed E-state index contributed by atoms with van der Waals surface area (Å²) in [5.41, 5.74) is 3.51. The van der Waals surface area contributed by atoms with Crippen LogP contribution in [0.25, 0.3) is 0 Å². The molecule has 0 spiro atoms. The molecule has 0 amide bonds. The van der Waals surface area contributed by atoms with E-state index in [9.17, 15) is 0 Å². The Morgan fingerprint density at radius 2 is 1.77 bits per heavy atom. The van der Waals surface area contributed by atoms with Gasteiger partial charge >= 0.3 is 233 Å². The molecule has 2 aromatic rings. The van der Waals surface area contributed by atoms with E-state index in [1.165, 1.54) is 27.1 Å². The van der Waals surface area contributed by atoms with Crippen LogP contribution in [0, 0.1) is 6.92 Å². The molecule has 0 saturated heterocycles. The average Bonchev–Trinajstić information content (AvgIpc) is 3.21.